The average Bonchev–Trinajstić information content (AvgIpc) is 2.89. The van der Waals surface area contributed by atoms with Crippen LogP contribution in [-0.2, 0) is 21.2 Å². The third kappa shape index (κ3) is 8.30. The van der Waals surface area contributed by atoms with Gasteiger partial charge in [-0.05, 0) is 48.6 Å². The Kier molecular flexibility index (Phi) is 11.8. The summed E-state index contributed by atoms with van der Waals surface area (Å²) in [5.41, 5.74) is 7.05. The molecule has 0 saturated heterocycles. The molecule has 0 aliphatic heterocycles. The van der Waals surface area contributed by atoms with Gasteiger partial charge in [0.05, 0.1) is 30.2 Å². The molecule has 4 N–H and O–H groups in total. The van der Waals surface area contributed by atoms with Crippen molar-refractivity contribution in [2.24, 2.45) is 11.7 Å². The second-order valence-corrected chi connectivity index (χ2v) is 11.1. The zero-order chi connectivity index (χ0) is 26.7. The minimum absolute atomic E-state index is 0.0315. The number of hydrogen-bond donors (Lipinski definition) is 3. The van der Waals surface area contributed by atoms with Gasteiger partial charge in [-0.25, -0.2) is 8.42 Å². The molecule has 200 valence electrons. The van der Waals surface area contributed by atoms with Crippen molar-refractivity contribution in [3.8, 4) is 5.75 Å². The first-order valence-corrected chi connectivity index (χ1v) is 14.0. The fourth-order valence-corrected chi connectivity index (χ4v) is 5.32. The van der Waals surface area contributed by atoms with E-state index >= 15 is 0 Å². The summed E-state index contributed by atoms with van der Waals surface area (Å²) in [5, 5.41) is 14.2. The highest BCUT2D eigenvalue weighted by Gasteiger charge is 2.32. The molecule has 0 spiro atoms. The molecule has 4 atom stereocenters. The fraction of sp³-hybridized carbons (Fsp3) is 0.519. The molecular formula is C27H41N3O5S. The van der Waals surface area contributed by atoms with Gasteiger partial charge in [0, 0.05) is 13.1 Å². The zero-order valence-electron chi connectivity index (χ0n) is 21.8. The number of nitrogens with one attached hydrogen (secondary N) is 1. The summed E-state index contributed by atoms with van der Waals surface area (Å²) < 4.78 is 33.4. The summed E-state index contributed by atoms with van der Waals surface area (Å²) in [4.78, 5) is 13.0. The first-order valence-electron chi connectivity index (χ1n) is 12.6. The Balaban J connectivity index is 2.31. The largest absolute Gasteiger partial charge is 0.497 e. The third-order valence-electron chi connectivity index (χ3n) is 6.50. The number of unbranched alkanes of at least 4 members (excludes halogenated alkanes) is 1. The van der Waals surface area contributed by atoms with Crippen molar-refractivity contribution in [3.63, 3.8) is 0 Å². The number of hydrogen-bond acceptors (Lipinski definition) is 6. The van der Waals surface area contributed by atoms with Crippen LogP contribution in [0.1, 0.15) is 45.6 Å². The predicted molar refractivity (Wildman–Crippen MR) is 142 cm³/mol. The van der Waals surface area contributed by atoms with Gasteiger partial charge in [-0.15, -0.1) is 0 Å². The average molecular weight is 520 g/mol. The minimum Gasteiger partial charge on any atom is -0.497 e. The molecule has 36 heavy (non-hydrogen) atoms. The molecule has 9 heteroatoms. The van der Waals surface area contributed by atoms with Crippen LogP contribution in [0.2, 0.25) is 0 Å². The lowest BCUT2D eigenvalue weighted by atomic mass is 9.97. The monoisotopic (exact) mass is 519 g/mol. The standard InChI is InChI=1S/C27H41N3O5S/c1-5-7-17-30(36(33,34)23-15-13-22(35-4)14-16-23)19-25(31)24(18-21-11-9-8-10-12-21)29-27(32)26(28)20(3)6-2/h8-16,20,24-26,31H,5-7,17-19,28H2,1-4H3,(H,29,32)/t20-,24?,25+,26-/m0/s1. The molecule has 0 fully saturated rings. The topological polar surface area (TPSA) is 122 Å². The van der Waals surface area contributed by atoms with Crippen LogP contribution < -0.4 is 15.8 Å². The van der Waals surface area contributed by atoms with Crippen LogP contribution in [0, 0.1) is 5.92 Å². The second-order valence-electron chi connectivity index (χ2n) is 9.18. The van der Waals surface area contributed by atoms with Gasteiger partial charge >= 0.3 is 0 Å². The van der Waals surface area contributed by atoms with E-state index in [0.29, 0.717) is 18.6 Å². The van der Waals surface area contributed by atoms with Crippen molar-refractivity contribution in [1.29, 1.82) is 0 Å². The molecule has 2 aromatic rings. The van der Waals surface area contributed by atoms with E-state index in [-0.39, 0.29) is 29.8 Å². The molecule has 1 unspecified atom stereocenters. The van der Waals surface area contributed by atoms with E-state index in [1.54, 1.807) is 12.1 Å². The van der Waals surface area contributed by atoms with Gasteiger partial charge < -0.3 is 20.9 Å². The maximum Gasteiger partial charge on any atom is 0.243 e. The lowest BCUT2D eigenvalue weighted by Gasteiger charge is -2.31. The van der Waals surface area contributed by atoms with E-state index in [9.17, 15) is 18.3 Å². The highest BCUT2D eigenvalue weighted by atomic mass is 32.2. The van der Waals surface area contributed by atoms with E-state index in [1.807, 2.05) is 51.1 Å². The van der Waals surface area contributed by atoms with Gasteiger partial charge in [0.25, 0.3) is 0 Å². The van der Waals surface area contributed by atoms with E-state index in [1.165, 1.54) is 23.5 Å². The number of methoxy groups -OCH3 is 1. The van der Waals surface area contributed by atoms with Crippen molar-refractivity contribution in [3.05, 3.63) is 60.2 Å². The van der Waals surface area contributed by atoms with Crippen LogP contribution >= 0.6 is 0 Å². The second kappa shape index (κ2) is 14.3. The van der Waals surface area contributed by atoms with E-state index in [2.05, 4.69) is 5.32 Å². The number of amides is 1. The SMILES string of the molecule is CCCCN(C[C@@H](O)C(Cc1ccccc1)NC(=O)[C@@H](N)[C@@H](C)CC)S(=O)(=O)c1ccc(OC)cc1. The van der Waals surface area contributed by atoms with Gasteiger partial charge in [-0.1, -0.05) is 63.9 Å². The van der Waals surface area contributed by atoms with E-state index in [4.69, 9.17) is 10.5 Å². The summed E-state index contributed by atoms with van der Waals surface area (Å²) in [5.74, 6) is 0.163. The summed E-state index contributed by atoms with van der Waals surface area (Å²) in [6.07, 6.45) is 1.36. The number of rotatable bonds is 15. The third-order valence-corrected chi connectivity index (χ3v) is 8.38. The number of aliphatic hydroxyl groups excluding tert-OH is 1. The normalized spacial score (nSPS) is 15.2. The number of carbonyl (C=O) groups excluding carboxylic acids is 1. The Hall–Kier alpha value is -2.46. The molecule has 0 aromatic heterocycles. The van der Waals surface area contributed by atoms with Crippen LogP contribution in [0.5, 0.6) is 5.75 Å². The molecule has 0 heterocycles. The maximum atomic E-state index is 13.5. The van der Waals surface area contributed by atoms with Crippen LogP contribution in [0.4, 0.5) is 0 Å². The number of sulfonamides is 1. The zero-order valence-corrected chi connectivity index (χ0v) is 22.6. The van der Waals surface area contributed by atoms with Crippen molar-refractivity contribution < 1.29 is 23.1 Å². The predicted octanol–water partition coefficient (Wildman–Crippen LogP) is 2.95. The molecule has 0 aliphatic rings. The van der Waals surface area contributed by atoms with E-state index in [0.717, 1.165) is 18.4 Å². The lowest BCUT2D eigenvalue weighted by molar-refractivity contribution is -0.125. The molecule has 2 rings (SSSR count). The maximum absolute atomic E-state index is 13.5. The van der Waals surface area contributed by atoms with Gasteiger partial charge in [0.2, 0.25) is 15.9 Å². The highest BCUT2D eigenvalue weighted by molar-refractivity contribution is 7.89. The Bertz CT molecular complexity index is 1030. The van der Waals surface area contributed by atoms with E-state index < -0.39 is 28.2 Å². The Morgan fingerprint density at radius 2 is 1.75 bits per heavy atom. The summed E-state index contributed by atoms with van der Waals surface area (Å²) in [7, 11) is -2.37. The fourth-order valence-electron chi connectivity index (χ4n) is 3.82. The smallest absolute Gasteiger partial charge is 0.243 e. The van der Waals surface area contributed by atoms with Gasteiger partial charge in [-0.2, -0.15) is 4.31 Å². The van der Waals surface area contributed by atoms with Crippen LogP contribution in [0.25, 0.3) is 0 Å². The Morgan fingerprint density at radius 3 is 2.31 bits per heavy atom. The number of carbonyl (C=O) groups is 1. The molecule has 8 nitrogen and oxygen atoms in total. The summed E-state index contributed by atoms with van der Waals surface area (Å²) in [6.45, 7) is 5.93. The summed E-state index contributed by atoms with van der Waals surface area (Å²) in [6, 6.07) is 14.2. The molecule has 1 amide bonds. The van der Waals surface area contributed by atoms with Gasteiger partial charge in [0.15, 0.2) is 0 Å². The number of nitrogens with two attached hydrogens (primary N) is 1. The molecular weight excluding hydrogens is 478 g/mol. The summed E-state index contributed by atoms with van der Waals surface area (Å²) >= 11 is 0. The lowest BCUT2D eigenvalue weighted by Crippen LogP contribution is -2.55. The van der Waals surface area contributed by atoms with Crippen molar-refractivity contribution in [2.45, 2.75) is 69.5 Å². The van der Waals surface area contributed by atoms with Gasteiger partial charge in [-0.3, -0.25) is 4.79 Å². The minimum atomic E-state index is -3.88. The Morgan fingerprint density at radius 1 is 1.11 bits per heavy atom. The van der Waals surface area contributed by atoms with Crippen molar-refractivity contribution in [2.75, 3.05) is 20.2 Å². The Labute approximate surface area is 215 Å². The number of benzene rings is 2. The molecule has 0 radical (unpaired) electrons. The molecule has 2 aromatic carbocycles. The van der Waals surface area contributed by atoms with Gasteiger partial charge in [0.1, 0.15) is 5.75 Å². The first kappa shape index (κ1) is 29.8. The number of aliphatic hydroxyl groups is 1. The van der Waals surface area contributed by atoms with Crippen LogP contribution in [0.15, 0.2) is 59.5 Å². The number of nitrogens with zero attached hydrogens (tertiary/aromatic N) is 1. The van der Waals surface area contributed by atoms with Crippen LogP contribution in [0.3, 0.4) is 0 Å². The molecule has 0 saturated carbocycles. The van der Waals surface area contributed by atoms with Crippen molar-refractivity contribution >= 4 is 15.9 Å². The highest BCUT2D eigenvalue weighted by Crippen LogP contribution is 2.21. The first-order chi connectivity index (χ1) is 17.1. The van der Waals surface area contributed by atoms with Crippen LogP contribution in [-0.4, -0.2) is 62.1 Å². The number of ether oxygens (including phenoxy) is 1. The molecule has 0 bridgehead atoms. The quantitative estimate of drug-likeness (QED) is 0.333. The van der Waals surface area contributed by atoms with Crippen molar-refractivity contribution in [1.82, 2.24) is 9.62 Å². The molecule has 0 aliphatic carbocycles.